The van der Waals surface area contributed by atoms with E-state index in [-0.39, 0.29) is 24.7 Å². The van der Waals surface area contributed by atoms with Gasteiger partial charge in [0.05, 0.1) is 23.6 Å². The van der Waals surface area contributed by atoms with Crippen molar-refractivity contribution in [3.63, 3.8) is 0 Å². The van der Waals surface area contributed by atoms with E-state index in [4.69, 9.17) is 9.47 Å². The number of rotatable bonds is 14. The van der Waals surface area contributed by atoms with Gasteiger partial charge in [0.15, 0.2) is 0 Å². The normalized spacial score (nSPS) is 10.8. The average molecular weight is 605 g/mol. The Morgan fingerprint density at radius 3 is 1.31 bits per heavy atom. The number of carbonyl (C=O) groups is 4. The molecule has 0 spiro atoms. The van der Waals surface area contributed by atoms with Crippen molar-refractivity contribution in [3.05, 3.63) is 131 Å². The molecule has 0 atom stereocenters. The number of unbranched alkanes of at least 4 members (excludes halogenated alkanes) is 2. The van der Waals surface area contributed by atoms with Crippen molar-refractivity contribution in [3.8, 4) is 11.5 Å². The van der Waals surface area contributed by atoms with E-state index < -0.39 is 11.9 Å². The van der Waals surface area contributed by atoms with Crippen LogP contribution in [0, 0.1) is 0 Å². The van der Waals surface area contributed by atoms with E-state index >= 15 is 0 Å². The lowest BCUT2D eigenvalue weighted by atomic mass is 10.1. The minimum absolute atomic E-state index is 0.236. The van der Waals surface area contributed by atoms with Crippen molar-refractivity contribution in [1.29, 1.82) is 0 Å². The highest BCUT2D eigenvalue weighted by atomic mass is 16.5. The summed E-state index contributed by atoms with van der Waals surface area (Å²) in [5.74, 6) is -0.886. The fraction of sp³-hybridized carbons (Fsp3) is 0.143. The van der Waals surface area contributed by atoms with Crippen molar-refractivity contribution < 1.29 is 28.7 Å². The van der Waals surface area contributed by atoms with Gasteiger partial charge in [-0.25, -0.2) is 20.4 Å². The van der Waals surface area contributed by atoms with Crippen LogP contribution < -0.4 is 20.3 Å². The molecule has 2 amide bonds. The van der Waals surface area contributed by atoms with Gasteiger partial charge in [0.2, 0.25) is 11.8 Å². The Morgan fingerprint density at radius 1 is 0.511 bits per heavy atom. The molecular formula is C35H32N4O6. The molecule has 10 nitrogen and oxygen atoms in total. The molecule has 10 heteroatoms. The van der Waals surface area contributed by atoms with Gasteiger partial charge in [-0.15, -0.1) is 0 Å². The summed E-state index contributed by atoms with van der Waals surface area (Å²) < 4.78 is 11.0. The number of hydrogen-bond donors (Lipinski definition) is 2. The molecular weight excluding hydrogens is 572 g/mol. The molecule has 4 rings (SSSR count). The van der Waals surface area contributed by atoms with Crippen molar-refractivity contribution in [1.82, 2.24) is 10.9 Å². The van der Waals surface area contributed by atoms with E-state index in [0.717, 1.165) is 0 Å². The van der Waals surface area contributed by atoms with Gasteiger partial charge in [-0.3, -0.25) is 9.59 Å². The van der Waals surface area contributed by atoms with Crippen molar-refractivity contribution in [2.24, 2.45) is 10.2 Å². The molecule has 0 aromatic heterocycles. The second kappa shape index (κ2) is 17.3. The molecule has 0 radical (unpaired) electrons. The first-order chi connectivity index (χ1) is 22.0. The number of esters is 2. The Balaban J connectivity index is 1.13. The summed E-state index contributed by atoms with van der Waals surface area (Å²) in [6, 6.07) is 31.0. The van der Waals surface area contributed by atoms with Crippen molar-refractivity contribution in [2.75, 3.05) is 0 Å². The summed E-state index contributed by atoms with van der Waals surface area (Å²) in [6.07, 6.45) is 5.11. The van der Waals surface area contributed by atoms with E-state index in [0.29, 0.717) is 53.0 Å². The zero-order chi connectivity index (χ0) is 31.7. The second-order valence-corrected chi connectivity index (χ2v) is 9.73. The SMILES string of the molecule is O=C(CCCCCC(=O)NN=Cc1ccccc1OC(=O)c1ccccc1)NN=Cc1ccccc1OC(=O)c1ccccc1. The summed E-state index contributed by atoms with van der Waals surface area (Å²) in [7, 11) is 0. The molecule has 228 valence electrons. The van der Waals surface area contributed by atoms with Gasteiger partial charge >= 0.3 is 11.9 Å². The number of carbonyl (C=O) groups excluding carboxylic acids is 4. The molecule has 0 saturated heterocycles. The molecule has 0 heterocycles. The Labute approximate surface area is 260 Å². The van der Waals surface area contributed by atoms with Crippen LogP contribution >= 0.6 is 0 Å². The van der Waals surface area contributed by atoms with Gasteiger partial charge in [-0.2, -0.15) is 10.2 Å². The van der Waals surface area contributed by atoms with Crippen LogP contribution in [0.5, 0.6) is 11.5 Å². The third-order valence-electron chi connectivity index (χ3n) is 6.36. The van der Waals surface area contributed by atoms with Gasteiger partial charge in [-0.1, -0.05) is 67.1 Å². The Bertz CT molecular complexity index is 1530. The van der Waals surface area contributed by atoms with Crippen LogP contribution in [0.4, 0.5) is 0 Å². The summed E-state index contributed by atoms with van der Waals surface area (Å²) >= 11 is 0. The number of para-hydroxylation sites is 2. The highest BCUT2D eigenvalue weighted by molar-refractivity contribution is 5.94. The van der Waals surface area contributed by atoms with Crippen molar-refractivity contribution in [2.45, 2.75) is 32.1 Å². The molecule has 45 heavy (non-hydrogen) atoms. The molecule has 0 saturated carbocycles. The summed E-state index contributed by atoms with van der Waals surface area (Å²) in [5.41, 5.74) is 6.86. The molecule has 2 N–H and O–H groups in total. The van der Waals surface area contributed by atoms with Crippen LogP contribution in [0.15, 0.2) is 119 Å². The van der Waals surface area contributed by atoms with Gasteiger partial charge < -0.3 is 9.47 Å². The number of hydrazone groups is 2. The standard InChI is InChI=1S/C35H32N4O6/c40-32(38-36-24-28-18-10-12-20-30(28)44-34(42)26-14-4-1-5-15-26)22-8-3-9-23-33(41)39-37-25-29-19-11-13-21-31(29)45-35(43)27-16-6-2-7-17-27/h1-2,4-7,10-21,24-25H,3,8-9,22-23H2,(H,38,40)(H,39,41). The highest BCUT2D eigenvalue weighted by Gasteiger charge is 2.12. The number of ether oxygens (including phenoxy) is 2. The largest absolute Gasteiger partial charge is 0.422 e. The van der Waals surface area contributed by atoms with E-state index in [9.17, 15) is 19.2 Å². The lowest BCUT2D eigenvalue weighted by molar-refractivity contribution is -0.121. The first-order valence-electron chi connectivity index (χ1n) is 14.4. The maximum Gasteiger partial charge on any atom is 0.343 e. The van der Waals surface area contributed by atoms with Gasteiger partial charge in [0.25, 0.3) is 0 Å². The number of amides is 2. The van der Waals surface area contributed by atoms with Gasteiger partial charge in [-0.05, 0) is 61.4 Å². The van der Waals surface area contributed by atoms with Crippen LogP contribution in [-0.4, -0.2) is 36.2 Å². The number of nitrogens with zero attached hydrogens (tertiary/aromatic N) is 2. The Hall–Kier alpha value is -5.90. The topological polar surface area (TPSA) is 136 Å². The van der Waals surface area contributed by atoms with E-state index in [1.54, 1.807) is 97.1 Å². The molecule has 4 aromatic rings. The zero-order valence-electron chi connectivity index (χ0n) is 24.4. The fourth-order valence-corrected chi connectivity index (χ4v) is 4.03. The minimum Gasteiger partial charge on any atom is -0.422 e. The predicted molar refractivity (Wildman–Crippen MR) is 170 cm³/mol. The quantitative estimate of drug-likeness (QED) is 0.0626. The highest BCUT2D eigenvalue weighted by Crippen LogP contribution is 2.19. The third kappa shape index (κ3) is 10.7. The average Bonchev–Trinajstić information content (AvgIpc) is 3.07. The first kappa shape index (κ1) is 32.0. The molecule has 0 bridgehead atoms. The number of hydrogen-bond acceptors (Lipinski definition) is 8. The minimum atomic E-state index is -0.492. The van der Waals surface area contributed by atoms with Crippen LogP contribution in [-0.2, 0) is 9.59 Å². The fourth-order valence-electron chi connectivity index (χ4n) is 4.03. The van der Waals surface area contributed by atoms with Crippen LogP contribution in [0.1, 0.15) is 63.9 Å². The van der Waals surface area contributed by atoms with E-state index in [1.165, 1.54) is 12.4 Å². The second-order valence-electron chi connectivity index (χ2n) is 9.73. The third-order valence-corrected chi connectivity index (χ3v) is 6.36. The predicted octanol–water partition coefficient (Wildman–Crippen LogP) is 5.68. The van der Waals surface area contributed by atoms with E-state index in [1.807, 2.05) is 12.1 Å². The molecule has 0 fully saturated rings. The van der Waals surface area contributed by atoms with E-state index in [2.05, 4.69) is 21.1 Å². The molecule has 4 aromatic carbocycles. The van der Waals surface area contributed by atoms with Crippen molar-refractivity contribution >= 4 is 36.2 Å². The van der Waals surface area contributed by atoms with Crippen LogP contribution in [0.3, 0.4) is 0 Å². The zero-order valence-corrected chi connectivity index (χ0v) is 24.4. The summed E-state index contributed by atoms with van der Waals surface area (Å²) in [5, 5.41) is 7.96. The number of nitrogens with one attached hydrogen (secondary N) is 2. The van der Waals surface area contributed by atoms with Crippen LogP contribution in [0.2, 0.25) is 0 Å². The molecule has 0 aliphatic carbocycles. The lowest BCUT2D eigenvalue weighted by Crippen LogP contribution is -2.18. The number of benzene rings is 4. The smallest absolute Gasteiger partial charge is 0.343 e. The Morgan fingerprint density at radius 2 is 0.889 bits per heavy atom. The molecule has 0 unspecified atom stereocenters. The summed E-state index contributed by atoms with van der Waals surface area (Å²) in [6.45, 7) is 0. The maximum absolute atomic E-state index is 12.4. The van der Waals surface area contributed by atoms with Gasteiger partial charge in [0, 0.05) is 24.0 Å². The lowest BCUT2D eigenvalue weighted by Gasteiger charge is -2.07. The monoisotopic (exact) mass is 604 g/mol. The molecule has 0 aliphatic heterocycles. The maximum atomic E-state index is 12.4. The first-order valence-corrected chi connectivity index (χ1v) is 14.4. The molecule has 0 aliphatic rings. The van der Waals surface area contributed by atoms with Gasteiger partial charge in [0.1, 0.15) is 11.5 Å². The van der Waals surface area contributed by atoms with Crippen LogP contribution in [0.25, 0.3) is 0 Å². The Kier molecular flexibility index (Phi) is 12.3. The summed E-state index contributed by atoms with van der Waals surface area (Å²) in [4.78, 5) is 49.1.